The topological polar surface area (TPSA) is 112 Å². The molecule has 1 fully saturated rings. The first kappa shape index (κ1) is 21.9. The lowest BCUT2D eigenvalue weighted by Crippen LogP contribution is -2.44. The van der Waals surface area contributed by atoms with Crippen LogP contribution in [0.2, 0.25) is 0 Å². The third kappa shape index (κ3) is 5.07. The Hall–Kier alpha value is -2.60. The van der Waals surface area contributed by atoms with Crippen LogP contribution in [-0.2, 0) is 17.7 Å². The zero-order chi connectivity index (χ0) is 24.4. The van der Waals surface area contributed by atoms with Gasteiger partial charge in [-0.05, 0) is 25.0 Å². The van der Waals surface area contributed by atoms with Gasteiger partial charge in [0.05, 0.1) is 60.4 Å². The van der Waals surface area contributed by atoms with Gasteiger partial charge in [-0.2, -0.15) is 5.10 Å². The largest absolute Gasteiger partial charge is 0.481 e. The summed E-state index contributed by atoms with van der Waals surface area (Å²) in [4.78, 5) is 9.29. The molecule has 0 bridgehead atoms. The summed E-state index contributed by atoms with van der Waals surface area (Å²) in [6.45, 7) is 0.165. The van der Waals surface area contributed by atoms with E-state index in [2.05, 4.69) is 25.5 Å². The van der Waals surface area contributed by atoms with Crippen molar-refractivity contribution in [3.8, 4) is 11.8 Å². The Balaban J connectivity index is 1.19. The van der Waals surface area contributed by atoms with Crippen LogP contribution in [0.4, 0.5) is 4.39 Å². The maximum atomic E-state index is 14.6. The van der Waals surface area contributed by atoms with Crippen LogP contribution >= 0.6 is 11.8 Å². The van der Waals surface area contributed by atoms with Gasteiger partial charge in [0.15, 0.2) is 0 Å². The number of hydrogen-bond donors (Lipinski definition) is 2. The van der Waals surface area contributed by atoms with Crippen LogP contribution in [0, 0.1) is 5.82 Å². The zero-order valence-electron chi connectivity index (χ0n) is 19.6. The van der Waals surface area contributed by atoms with E-state index < -0.39 is 24.5 Å². The van der Waals surface area contributed by atoms with Crippen LogP contribution < -0.4 is 14.8 Å². The molecular formula is C23H26FN5O4S. The van der Waals surface area contributed by atoms with Gasteiger partial charge < -0.3 is 24.6 Å². The molecule has 5 rings (SSSR count). The second-order valence-corrected chi connectivity index (χ2v) is 9.31. The second kappa shape index (κ2) is 10.3. The van der Waals surface area contributed by atoms with Crippen molar-refractivity contribution >= 4 is 22.8 Å². The van der Waals surface area contributed by atoms with Gasteiger partial charge in [0.25, 0.3) is 0 Å². The van der Waals surface area contributed by atoms with Crippen molar-refractivity contribution < 1.29 is 25.1 Å². The molecule has 4 atom stereocenters. The Labute approximate surface area is 201 Å². The monoisotopic (exact) mass is 488 g/mol. The zero-order valence-corrected chi connectivity index (χ0v) is 19.4. The summed E-state index contributed by atoms with van der Waals surface area (Å²) in [5.41, 5.74) is 1.70. The van der Waals surface area contributed by atoms with E-state index in [1.165, 1.54) is 7.11 Å². The average molecular weight is 489 g/mol. The number of pyridine rings is 2. The first-order valence-electron chi connectivity index (χ1n) is 11.7. The van der Waals surface area contributed by atoms with E-state index >= 15 is 0 Å². The highest BCUT2D eigenvalue weighted by Gasteiger charge is 2.29. The summed E-state index contributed by atoms with van der Waals surface area (Å²) in [6, 6.07) is 5.13. The molecule has 2 N–H and O–H groups in total. The number of aromatic nitrogens is 4. The minimum atomic E-state index is -0.917. The van der Waals surface area contributed by atoms with Crippen LogP contribution in [0.25, 0.3) is 11.0 Å². The summed E-state index contributed by atoms with van der Waals surface area (Å²) >= 11 is 1.64. The molecule has 3 aromatic rings. The summed E-state index contributed by atoms with van der Waals surface area (Å²) in [5, 5.41) is 22.2. The SMILES string of the molecule is [2H]C(N[C@@H]1CC[C@@H]([C@@H](O)Cc2c(F)cnc3ccc(OC)nc23)OC1)c1cc2c(nn1)OCCS2. The molecule has 0 amide bonds. The minimum Gasteiger partial charge on any atom is -0.481 e. The minimum absolute atomic E-state index is 0.0410. The number of halogens is 1. The van der Waals surface area contributed by atoms with Crippen molar-refractivity contribution in [1.82, 2.24) is 25.5 Å². The van der Waals surface area contributed by atoms with Gasteiger partial charge in [0.1, 0.15) is 5.82 Å². The highest BCUT2D eigenvalue weighted by molar-refractivity contribution is 7.99. The van der Waals surface area contributed by atoms with Crippen LogP contribution in [0.3, 0.4) is 0 Å². The van der Waals surface area contributed by atoms with Crippen molar-refractivity contribution in [2.45, 2.75) is 48.9 Å². The van der Waals surface area contributed by atoms with Crippen LogP contribution in [0.5, 0.6) is 11.8 Å². The number of ether oxygens (including phenoxy) is 3. The van der Waals surface area contributed by atoms with Gasteiger partial charge in [-0.1, -0.05) is 0 Å². The Kier molecular flexibility index (Phi) is 6.66. The molecule has 5 heterocycles. The highest BCUT2D eigenvalue weighted by Crippen LogP contribution is 2.31. The molecule has 0 aliphatic carbocycles. The fourth-order valence-electron chi connectivity index (χ4n) is 4.08. The first-order chi connectivity index (χ1) is 17.0. The second-order valence-electron chi connectivity index (χ2n) is 8.17. The number of aliphatic hydroxyl groups excluding tert-OH is 1. The number of hydrogen-bond acceptors (Lipinski definition) is 10. The highest BCUT2D eigenvalue weighted by atomic mass is 32.2. The van der Waals surface area contributed by atoms with Gasteiger partial charge in [-0.25, -0.2) is 9.37 Å². The Bertz CT molecular complexity index is 1200. The molecule has 0 spiro atoms. The van der Waals surface area contributed by atoms with Gasteiger partial charge in [-0.15, -0.1) is 16.9 Å². The lowest BCUT2D eigenvalue weighted by atomic mass is 9.96. The molecule has 9 nitrogen and oxygen atoms in total. The number of nitrogens with one attached hydrogen (secondary N) is 1. The van der Waals surface area contributed by atoms with Crippen molar-refractivity contribution in [3.05, 3.63) is 41.5 Å². The molecule has 2 aliphatic heterocycles. The third-order valence-electron chi connectivity index (χ3n) is 5.89. The Morgan fingerprint density at radius 1 is 1.38 bits per heavy atom. The number of aliphatic hydroxyl groups is 1. The van der Waals surface area contributed by atoms with Gasteiger partial charge in [0.2, 0.25) is 11.8 Å². The first-order valence-corrected chi connectivity index (χ1v) is 12.1. The van der Waals surface area contributed by atoms with Gasteiger partial charge in [-0.3, -0.25) is 4.98 Å². The van der Waals surface area contributed by atoms with Crippen molar-refractivity contribution in [3.63, 3.8) is 0 Å². The van der Waals surface area contributed by atoms with E-state index in [0.717, 1.165) is 16.8 Å². The number of methoxy groups -OCH3 is 1. The molecule has 34 heavy (non-hydrogen) atoms. The predicted molar refractivity (Wildman–Crippen MR) is 124 cm³/mol. The molecule has 11 heteroatoms. The Morgan fingerprint density at radius 2 is 2.29 bits per heavy atom. The summed E-state index contributed by atoms with van der Waals surface area (Å²) in [7, 11) is 1.49. The Morgan fingerprint density at radius 3 is 3.12 bits per heavy atom. The molecule has 1 saturated heterocycles. The van der Waals surface area contributed by atoms with E-state index in [0.29, 0.717) is 54.5 Å². The smallest absolute Gasteiger partial charge is 0.247 e. The fourth-order valence-corrected chi connectivity index (χ4v) is 4.89. The van der Waals surface area contributed by atoms with Crippen LogP contribution in [0.15, 0.2) is 29.3 Å². The normalized spacial score (nSPS) is 22.4. The summed E-state index contributed by atoms with van der Waals surface area (Å²) in [6.07, 6.45) is 1.06. The quantitative estimate of drug-likeness (QED) is 0.514. The maximum Gasteiger partial charge on any atom is 0.247 e. The van der Waals surface area contributed by atoms with E-state index in [1.807, 2.05) is 6.07 Å². The summed E-state index contributed by atoms with van der Waals surface area (Å²) in [5.74, 6) is 1.18. The molecule has 180 valence electrons. The molecule has 1 unspecified atom stereocenters. The van der Waals surface area contributed by atoms with Gasteiger partial charge in [0, 0.05) is 37.7 Å². The molecule has 0 saturated carbocycles. The molecule has 3 aromatic heterocycles. The van der Waals surface area contributed by atoms with Gasteiger partial charge >= 0.3 is 0 Å². The summed E-state index contributed by atoms with van der Waals surface area (Å²) < 4.78 is 39.6. The average Bonchev–Trinajstić information content (AvgIpc) is 2.90. The van der Waals surface area contributed by atoms with E-state index in [-0.39, 0.29) is 18.0 Å². The van der Waals surface area contributed by atoms with Crippen LogP contribution in [0.1, 0.15) is 25.5 Å². The third-order valence-corrected chi connectivity index (χ3v) is 6.87. The van der Waals surface area contributed by atoms with Crippen molar-refractivity contribution in [2.75, 3.05) is 26.1 Å². The number of thioether (sulfide) groups is 1. The van der Waals surface area contributed by atoms with E-state index in [4.69, 9.17) is 15.6 Å². The predicted octanol–water partition coefficient (Wildman–Crippen LogP) is 2.29. The fraction of sp³-hybridized carbons (Fsp3) is 0.478. The standard InChI is InChI=1S/C23H26FN5O4S/c1-31-21-5-3-17-22(27-21)15(16(24)11-26-17)9-18(30)19-4-2-13(12-33-19)25-10-14-8-20-23(29-28-14)32-6-7-34-20/h3,5,8,11,13,18-19,25,30H,2,4,6-7,9-10,12H2,1H3/t13-,18+,19+/m1/s1/i10D/t10?,13-,18+,19+. The molecular weight excluding hydrogens is 461 g/mol. The maximum absolute atomic E-state index is 14.6. The number of rotatable bonds is 7. The molecule has 0 radical (unpaired) electrons. The number of nitrogens with zero attached hydrogens (tertiary/aromatic N) is 4. The molecule has 2 aliphatic rings. The van der Waals surface area contributed by atoms with Crippen molar-refractivity contribution in [2.24, 2.45) is 0 Å². The van der Waals surface area contributed by atoms with E-state index in [9.17, 15) is 9.50 Å². The lowest BCUT2D eigenvalue weighted by Gasteiger charge is -2.32. The molecule has 0 aromatic carbocycles. The van der Waals surface area contributed by atoms with Crippen molar-refractivity contribution in [1.29, 1.82) is 0 Å². The lowest BCUT2D eigenvalue weighted by molar-refractivity contribution is -0.0719. The van der Waals surface area contributed by atoms with E-state index in [1.54, 1.807) is 23.9 Å². The number of fused-ring (bicyclic) bond motifs is 2. The van der Waals surface area contributed by atoms with Crippen LogP contribution in [-0.4, -0.2) is 69.6 Å².